The van der Waals surface area contributed by atoms with Crippen molar-refractivity contribution in [3.8, 4) is 0 Å². The van der Waals surface area contributed by atoms with Crippen molar-refractivity contribution < 1.29 is 0 Å². The Labute approximate surface area is 102 Å². The Balaban J connectivity index is 2.27. The fourth-order valence-corrected chi connectivity index (χ4v) is 2.44. The SMILES string of the molecule is CC1CN(C)CCN1c1cccc(Cl)c1N. The summed E-state index contributed by atoms with van der Waals surface area (Å²) >= 11 is 6.05. The van der Waals surface area contributed by atoms with Crippen molar-refractivity contribution in [2.45, 2.75) is 13.0 Å². The summed E-state index contributed by atoms with van der Waals surface area (Å²) in [5, 5.41) is 0.642. The second-order valence-corrected chi connectivity index (χ2v) is 4.88. The molecule has 2 N–H and O–H groups in total. The summed E-state index contributed by atoms with van der Waals surface area (Å²) in [5.74, 6) is 0. The minimum absolute atomic E-state index is 0.472. The lowest BCUT2D eigenvalue weighted by molar-refractivity contribution is 0.276. The topological polar surface area (TPSA) is 32.5 Å². The van der Waals surface area contributed by atoms with E-state index in [1.165, 1.54) is 0 Å². The van der Waals surface area contributed by atoms with Crippen molar-refractivity contribution in [1.82, 2.24) is 4.90 Å². The maximum atomic E-state index is 6.05. The zero-order valence-electron chi connectivity index (χ0n) is 9.78. The first-order valence-corrected chi connectivity index (χ1v) is 5.96. The summed E-state index contributed by atoms with van der Waals surface area (Å²) in [7, 11) is 2.15. The number of likely N-dealkylation sites (N-methyl/N-ethyl adjacent to an activating group) is 1. The molecular weight excluding hydrogens is 222 g/mol. The van der Waals surface area contributed by atoms with E-state index >= 15 is 0 Å². The van der Waals surface area contributed by atoms with Gasteiger partial charge in [-0.05, 0) is 26.1 Å². The first-order valence-electron chi connectivity index (χ1n) is 5.58. The normalized spacial score (nSPS) is 22.4. The number of anilines is 2. The van der Waals surface area contributed by atoms with Crippen molar-refractivity contribution in [3.05, 3.63) is 23.2 Å². The van der Waals surface area contributed by atoms with Gasteiger partial charge < -0.3 is 15.5 Å². The second kappa shape index (κ2) is 4.52. The number of para-hydroxylation sites is 1. The molecule has 88 valence electrons. The van der Waals surface area contributed by atoms with E-state index in [2.05, 4.69) is 23.8 Å². The second-order valence-electron chi connectivity index (χ2n) is 4.48. The highest BCUT2D eigenvalue weighted by Gasteiger charge is 2.23. The zero-order valence-corrected chi connectivity index (χ0v) is 10.5. The smallest absolute Gasteiger partial charge is 0.0741 e. The van der Waals surface area contributed by atoms with Crippen LogP contribution in [0.3, 0.4) is 0 Å². The third-order valence-corrected chi connectivity index (χ3v) is 3.50. The number of rotatable bonds is 1. The van der Waals surface area contributed by atoms with Crippen molar-refractivity contribution in [2.75, 3.05) is 37.3 Å². The van der Waals surface area contributed by atoms with Crippen LogP contribution in [-0.4, -0.2) is 37.6 Å². The Bertz CT molecular complexity index is 381. The number of nitrogens with zero attached hydrogens (tertiary/aromatic N) is 2. The van der Waals surface area contributed by atoms with Crippen LogP contribution in [0.25, 0.3) is 0 Å². The summed E-state index contributed by atoms with van der Waals surface area (Å²) in [4.78, 5) is 4.67. The Morgan fingerprint density at radius 3 is 2.81 bits per heavy atom. The summed E-state index contributed by atoms with van der Waals surface area (Å²) in [5.41, 5.74) is 7.78. The van der Waals surface area contributed by atoms with Crippen LogP contribution < -0.4 is 10.6 Å². The van der Waals surface area contributed by atoms with Gasteiger partial charge in [-0.3, -0.25) is 0 Å². The van der Waals surface area contributed by atoms with Gasteiger partial charge in [0.25, 0.3) is 0 Å². The molecule has 1 aliphatic rings. The molecule has 0 saturated carbocycles. The Hall–Kier alpha value is -0.930. The summed E-state index contributed by atoms with van der Waals surface area (Å²) < 4.78 is 0. The highest BCUT2D eigenvalue weighted by atomic mass is 35.5. The fourth-order valence-electron chi connectivity index (χ4n) is 2.27. The molecule has 1 aliphatic heterocycles. The Morgan fingerprint density at radius 2 is 2.12 bits per heavy atom. The third-order valence-electron chi connectivity index (χ3n) is 3.17. The predicted molar refractivity (Wildman–Crippen MR) is 70.2 cm³/mol. The molecule has 0 radical (unpaired) electrons. The van der Waals surface area contributed by atoms with Gasteiger partial charge in [-0.1, -0.05) is 17.7 Å². The van der Waals surface area contributed by atoms with Crippen LogP contribution in [-0.2, 0) is 0 Å². The van der Waals surface area contributed by atoms with E-state index in [9.17, 15) is 0 Å². The molecule has 0 amide bonds. The van der Waals surface area contributed by atoms with Gasteiger partial charge in [-0.15, -0.1) is 0 Å². The van der Waals surface area contributed by atoms with Gasteiger partial charge in [0.1, 0.15) is 0 Å². The highest BCUT2D eigenvalue weighted by molar-refractivity contribution is 6.33. The standard InChI is InChI=1S/C12H18ClN3/c1-9-8-15(2)6-7-16(9)11-5-3-4-10(13)12(11)14/h3-5,9H,6-8,14H2,1-2H3. The van der Waals surface area contributed by atoms with E-state index in [4.69, 9.17) is 17.3 Å². The van der Waals surface area contributed by atoms with Crippen LogP contribution in [0.15, 0.2) is 18.2 Å². The molecule has 1 atom stereocenters. The molecule has 0 aliphatic carbocycles. The molecule has 1 aromatic carbocycles. The lowest BCUT2D eigenvalue weighted by Gasteiger charge is -2.40. The monoisotopic (exact) mass is 239 g/mol. The number of piperazine rings is 1. The molecule has 1 fully saturated rings. The highest BCUT2D eigenvalue weighted by Crippen LogP contribution is 2.32. The van der Waals surface area contributed by atoms with E-state index in [-0.39, 0.29) is 0 Å². The first-order chi connectivity index (χ1) is 7.59. The Morgan fingerprint density at radius 1 is 1.38 bits per heavy atom. The largest absolute Gasteiger partial charge is 0.396 e. The fraction of sp³-hybridized carbons (Fsp3) is 0.500. The third kappa shape index (κ3) is 2.11. The van der Waals surface area contributed by atoms with Crippen molar-refractivity contribution in [1.29, 1.82) is 0 Å². The van der Waals surface area contributed by atoms with Gasteiger partial charge in [-0.25, -0.2) is 0 Å². The molecule has 1 saturated heterocycles. The van der Waals surface area contributed by atoms with E-state index in [1.807, 2.05) is 18.2 Å². The van der Waals surface area contributed by atoms with E-state index in [0.29, 0.717) is 16.8 Å². The average Bonchev–Trinajstić information content (AvgIpc) is 2.23. The van der Waals surface area contributed by atoms with E-state index in [1.54, 1.807) is 0 Å². The van der Waals surface area contributed by atoms with E-state index < -0.39 is 0 Å². The molecule has 0 aromatic heterocycles. The van der Waals surface area contributed by atoms with Crippen molar-refractivity contribution >= 4 is 23.0 Å². The molecule has 16 heavy (non-hydrogen) atoms. The number of nitrogen functional groups attached to an aromatic ring is 1. The summed E-state index contributed by atoms with van der Waals surface area (Å²) in [6, 6.07) is 6.31. The average molecular weight is 240 g/mol. The van der Waals surface area contributed by atoms with Crippen LogP contribution in [0.2, 0.25) is 5.02 Å². The molecule has 2 rings (SSSR count). The van der Waals surface area contributed by atoms with Gasteiger partial charge in [-0.2, -0.15) is 0 Å². The summed E-state index contributed by atoms with van der Waals surface area (Å²) in [6.45, 7) is 5.35. The molecule has 4 heteroatoms. The summed E-state index contributed by atoms with van der Waals surface area (Å²) in [6.07, 6.45) is 0. The molecule has 0 bridgehead atoms. The molecule has 1 aromatic rings. The lowest BCUT2D eigenvalue weighted by Crippen LogP contribution is -2.50. The molecule has 1 heterocycles. The van der Waals surface area contributed by atoms with E-state index in [0.717, 1.165) is 25.3 Å². The predicted octanol–water partition coefficient (Wildman–Crippen LogP) is 2.06. The molecule has 0 spiro atoms. The van der Waals surface area contributed by atoms with Crippen LogP contribution in [0.4, 0.5) is 11.4 Å². The number of nitrogens with two attached hydrogens (primary N) is 1. The van der Waals surface area contributed by atoms with Gasteiger partial charge in [0.2, 0.25) is 0 Å². The van der Waals surface area contributed by atoms with Crippen LogP contribution in [0.5, 0.6) is 0 Å². The van der Waals surface area contributed by atoms with Crippen molar-refractivity contribution in [2.24, 2.45) is 0 Å². The minimum Gasteiger partial charge on any atom is -0.396 e. The van der Waals surface area contributed by atoms with Gasteiger partial charge in [0, 0.05) is 25.7 Å². The minimum atomic E-state index is 0.472. The number of benzene rings is 1. The van der Waals surface area contributed by atoms with Gasteiger partial charge in [0.05, 0.1) is 16.4 Å². The number of hydrogen-bond acceptors (Lipinski definition) is 3. The maximum Gasteiger partial charge on any atom is 0.0741 e. The maximum absolute atomic E-state index is 6.05. The molecule has 3 nitrogen and oxygen atoms in total. The van der Waals surface area contributed by atoms with Crippen LogP contribution in [0, 0.1) is 0 Å². The number of halogens is 1. The zero-order chi connectivity index (χ0) is 11.7. The first kappa shape index (κ1) is 11.6. The van der Waals surface area contributed by atoms with Crippen molar-refractivity contribution in [3.63, 3.8) is 0 Å². The van der Waals surface area contributed by atoms with Crippen LogP contribution in [0.1, 0.15) is 6.92 Å². The Kier molecular flexibility index (Phi) is 3.26. The lowest BCUT2D eigenvalue weighted by atomic mass is 10.1. The molecular formula is C12H18ClN3. The van der Waals surface area contributed by atoms with Gasteiger partial charge in [0.15, 0.2) is 0 Å². The quantitative estimate of drug-likeness (QED) is 0.762. The number of hydrogen-bond donors (Lipinski definition) is 1. The molecule has 1 unspecified atom stereocenters. The van der Waals surface area contributed by atoms with Crippen LogP contribution >= 0.6 is 11.6 Å². The van der Waals surface area contributed by atoms with Gasteiger partial charge >= 0.3 is 0 Å².